The van der Waals surface area contributed by atoms with Crippen LogP contribution in [0.1, 0.15) is 10.4 Å². The SMILES string of the molecule is O=C(Nc1ccc(Nc2cc(-n3ccnc3)ncn2)cc1)c1cncc(F)c1. The van der Waals surface area contributed by atoms with Gasteiger partial charge in [-0.05, 0) is 30.3 Å². The fourth-order valence-corrected chi connectivity index (χ4v) is 2.48. The van der Waals surface area contributed by atoms with Crippen molar-refractivity contribution >= 4 is 23.1 Å². The van der Waals surface area contributed by atoms with E-state index in [2.05, 4.69) is 30.6 Å². The lowest BCUT2D eigenvalue weighted by atomic mass is 10.2. The number of pyridine rings is 1. The van der Waals surface area contributed by atoms with Crippen LogP contribution in [0.25, 0.3) is 5.82 Å². The molecule has 1 aromatic carbocycles. The van der Waals surface area contributed by atoms with Gasteiger partial charge >= 0.3 is 0 Å². The van der Waals surface area contributed by atoms with Crippen molar-refractivity contribution in [3.8, 4) is 5.82 Å². The molecule has 0 bridgehead atoms. The fourth-order valence-electron chi connectivity index (χ4n) is 2.48. The molecule has 0 saturated heterocycles. The molecular weight excluding hydrogens is 361 g/mol. The number of benzene rings is 1. The molecule has 138 valence electrons. The highest BCUT2D eigenvalue weighted by Crippen LogP contribution is 2.19. The van der Waals surface area contributed by atoms with Gasteiger partial charge in [0, 0.05) is 36.0 Å². The fraction of sp³-hybridized carbons (Fsp3) is 0. The second-order valence-electron chi connectivity index (χ2n) is 5.78. The summed E-state index contributed by atoms with van der Waals surface area (Å²) < 4.78 is 14.9. The minimum atomic E-state index is -0.563. The molecule has 0 fully saturated rings. The molecule has 9 heteroatoms. The van der Waals surface area contributed by atoms with E-state index >= 15 is 0 Å². The minimum absolute atomic E-state index is 0.148. The largest absolute Gasteiger partial charge is 0.340 e. The highest BCUT2D eigenvalue weighted by atomic mass is 19.1. The first-order chi connectivity index (χ1) is 13.7. The molecule has 0 atom stereocenters. The average molecular weight is 375 g/mol. The number of hydrogen-bond donors (Lipinski definition) is 2. The number of hydrogen-bond acceptors (Lipinski definition) is 6. The minimum Gasteiger partial charge on any atom is -0.340 e. The van der Waals surface area contributed by atoms with Gasteiger partial charge in [0.05, 0.1) is 11.8 Å². The predicted molar refractivity (Wildman–Crippen MR) is 101 cm³/mol. The summed E-state index contributed by atoms with van der Waals surface area (Å²) in [5, 5.41) is 5.86. The second-order valence-corrected chi connectivity index (χ2v) is 5.78. The van der Waals surface area contributed by atoms with Gasteiger partial charge in [0.2, 0.25) is 0 Å². The maximum Gasteiger partial charge on any atom is 0.257 e. The van der Waals surface area contributed by atoms with E-state index in [-0.39, 0.29) is 5.56 Å². The van der Waals surface area contributed by atoms with Crippen molar-refractivity contribution in [2.75, 3.05) is 10.6 Å². The third kappa shape index (κ3) is 3.98. The Kier molecular flexibility index (Phi) is 4.70. The van der Waals surface area contributed by atoms with Crippen LogP contribution >= 0.6 is 0 Å². The molecule has 8 nitrogen and oxygen atoms in total. The maximum absolute atomic E-state index is 13.2. The lowest BCUT2D eigenvalue weighted by molar-refractivity contribution is 0.102. The first-order valence-corrected chi connectivity index (χ1v) is 8.27. The molecule has 2 N–H and O–H groups in total. The molecular formula is C19H14FN7O. The molecule has 28 heavy (non-hydrogen) atoms. The van der Waals surface area contributed by atoms with Crippen molar-refractivity contribution in [2.45, 2.75) is 0 Å². The molecule has 0 spiro atoms. The number of carbonyl (C=O) groups is 1. The van der Waals surface area contributed by atoms with Crippen molar-refractivity contribution in [2.24, 2.45) is 0 Å². The van der Waals surface area contributed by atoms with Gasteiger partial charge in [-0.15, -0.1) is 0 Å². The Morgan fingerprint density at radius 1 is 1.00 bits per heavy atom. The van der Waals surface area contributed by atoms with Crippen LogP contribution in [0.4, 0.5) is 21.6 Å². The Balaban J connectivity index is 1.44. The van der Waals surface area contributed by atoms with Crippen LogP contribution in [0.2, 0.25) is 0 Å². The number of nitrogens with one attached hydrogen (secondary N) is 2. The smallest absolute Gasteiger partial charge is 0.257 e. The van der Waals surface area contributed by atoms with Crippen molar-refractivity contribution in [1.82, 2.24) is 24.5 Å². The molecule has 1 amide bonds. The van der Waals surface area contributed by atoms with Crippen LogP contribution < -0.4 is 10.6 Å². The molecule has 4 aromatic rings. The number of aromatic nitrogens is 5. The number of rotatable bonds is 5. The van der Waals surface area contributed by atoms with E-state index in [0.29, 0.717) is 17.3 Å². The van der Waals surface area contributed by atoms with Crippen molar-refractivity contribution in [1.29, 1.82) is 0 Å². The average Bonchev–Trinajstić information content (AvgIpc) is 3.25. The highest BCUT2D eigenvalue weighted by Gasteiger charge is 2.08. The topological polar surface area (TPSA) is 97.6 Å². The lowest BCUT2D eigenvalue weighted by Crippen LogP contribution is -2.12. The van der Waals surface area contributed by atoms with Crippen LogP contribution in [0.15, 0.2) is 73.8 Å². The zero-order chi connectivity index (χ0) is 19.3. The Bertz CT molecular complexity index is 1100. The van der Waals surface area contributed by atoms with Gasteiger partial charge in [-0.25, -0.2) is 19.3 Å². The zero-order valence-corrected chi connectivity index (χ0v) is 14.5. The van der Waals surface area contributed by atoms with Gasteiger partial charge in [-0.2, -0.15) is 0 Å². The highest BCUT2D eigenvalue weighted by molar-refractivity contribution is 6.04. The van der Waals surface area contributed by atoms with Crippen LogP contribution in [0.5, 0.6) is 0 Å². The van der Waals surface area contributed by atoms with Crippen molar-refractivity contribution in [3.63, 3.8) is 0 Å². The Morgan fingerprint density at radius 3 is 2.57 bits per heavy atom. The van der Waals surface area contributed by atoms with E-state index < -0.39 is 11.7 Å². The molecule has 0 radical (unpaired) electrons. The lowest BCUT2D eigenvalue weighted by Gasteiger charge is -2.09. The number of nitrogens with zero attached hydrogens (tertiary/aromatic N) is 5. The summed E-state index contributed by atoms with van der Waals surface area (Å²) in [6.07, 6.45) is 8.92. The third-order valence-electron chi connectivity index (χ3n) is 3.80. The standard InChI is InChI=1S/C19H14FN7O/c20-14-7-13(9-22-10-14)19(28)26-16-3-1-15(2-4-16)25-17-8-18(24-11-23-17)27-6-5-21-12-27/h1-12H,(H,26,28)(H,23,24,25). The van der Waals surface area contributed by atoms with Crippen LogP contribution in [0.3, 0.4) is 0 Å². The number of halogens is 1. The van der Waals surface area contributed by atoms with Crippen LogP contribution in [0, 0.1) is 5.82 Å². The van der Waals surface area contributed by atoms with E-state index in [1.54, 1.807) is 53.6 Å². The van der Waals surface area contributed by atoms with Gasteiger partial charge in [-0.3, -0.25) is 14.3 Å². The van der Waals surface area contributed by atoms with Gasteiger partial charge < -0.3 is 10.6 Å². The summed E-state index contributed by atoms with van der Waals surface area (Å²) in [6.45, 7) is 0. The van der Waals surface area contributed by atoms with Crippen molar-refractivity contribution in [3.05, 3.63) is 85.2 Å². The number of amides is 1. The summed E-state index contributed by atoms with van der Waals surface area (Å²) in [5.41, 5.74) is 1.50. The summed E-state index contributed by atoms with van der Waals surface area (Å²) in [6, 6.07) is 9.95. The van der Waals surface area contributed by atoms with Crippen LogP contribution in [-0.2, 0) is 0 Å². The maximum atomic E-state index is 13.2. The molecule has 3 heterocycles. The van der Waals surface area contributed by atoms with Gasteiger partial charge in [-0.1, -0.05) is 0 Å². The normalized spacial score (nSPS) is 10.5. The Morgan fingerprint density at radius 2 is 1.82 bits per heavy atom. The van der Waals surface area contributed by atoms with E-state index in [9.17, 15) is 9.18 Å². The van der Waals surface area contributed by atoms with E-state index in [1.807, 2.05) is 0 Å². The van der Waals surface area contributed by atoms with Gasteiger partial charge in [0.25, 0.3) is 5.91 Å². The Hall–Kier alpha value is -4.14. The molecule has 0 aliphatic heterocycles. The summed E-state index contributed by atoms with van der Waals surface area (Å²) >= 11 is 0. The first kappa shape index (κ1) is 17.3. The Labute approximate surface area is 159 Å². The van der Waals surface area contributed by atoms with E-state index in [4.69, 9.17) is 0 Å². The number of anilines is 3. The number of imidazole rings is 1. The van der Waals surface area contributed by atoms with Gasteiger partial charge in [0.1, 0.15) is 30.1 Å². The summed E-state index contributed by atoms with van der Waals surface area (Å²) in [4.78, 5) is 28.2. The molecule has 0 aliphatic carbocycles. The number of carbonyl (C=O) groups excluding carboxylic acids is 1. The van der Waals surface area contributed by atoms with Crippen LogP contribution in [-0.4, -0.2) is 30.4 Å². The predicted octanol–water partition coefficient (Wildman–Crippen LogP) is 3.19. The van der Waals surface area contributed by atoms with Crippen molar-refractivity contribution < 1.29 is 9.18 Å². The molecule has 0 unspecified atom stereocenters. The summed E-state index contributed by atoms with van der Waals surface area (Å²) in [7, 11) is 0. The molecule has 3 aromatic heterocycles. The second kappa shape index (κ2) is 7.62. The van der Waals surface area contributed by atoms with Gasteiger partial charge in [0.15, 0.2) is 0 Å². The molecule has 0 aliphatic rings. The van der Waals surface area contributed by atoms with E-state index in [1.165, 1.54) is 12.5 Å². The quantitative estimate of drug-likeness (QED) is 0.556. The monoisotopic (exact) mass is 375 g/mol. The molecule has 0 saturated carbocycles. The third-order valence-corrected chi connectivity index (χ3v) is 3.80. The summed E-state index contributed by atoms with van der Waals surface area (Å²) in [5.74, 6) is 0.296. The van der Waals surface area contributed by atoms with E-state index in [0.717, 1.165) is 18.0 Å². The molecule has 4 rings (SSSR count). The first-order valence-electron chi connectivity index (χ1n) is 8.27. The zero-order valence-electron chi connectivity index (χ0n) is 14.5.